The maximum atomic E-state index is 13.0. The fourth-order valence-corrected chi connectivity index (χ4v) is 2.43. The molecule has 0 amide bonds. The second kappa shape index (κ2) is 4.84. The van der Waals surface area contributed by atoms with E-state index in [0.717, 1.165) is 12.1 Å². The van der Waals surface area contributed by atoms with Crippen LogP contribution in [0.4, 0.5) is 4.39 Å². The molecule has 0 unspecified atom stereocenters. The van der Waals surface area contributed by atoms with Crippen LogP contribution in [0.3, 0.4) is 0 Å². The molecule has 1 heterocycles. The predicted molar refractivity (Wildman–Crippen MR) is 62.0 cm³/mol. The molecule has 1 fully saturated rings. The minimum atomic E-state index is -0.737. The Bertz CT molecular complexity index is 422. The summed E-state index contributed by atoms with van der Waals surface area (Å²) in [6.07, 6.45) is 0.672. The lowest BCUT2D eigenvalue weighted by Gasteiger charge is -2.22. The van der Waals surface area contributed by atoms with Crippen molar-refractivity contribution in [2.45, 2.75) is 25.9 Å². The Hall–Kier alpha value is -1.42. The maximum Gasteiger partial charge on any atom is 0.308 e. The third-order valence-corrected chi connectivity index (χ3v) is 3.48. The number of aliphatic carboxylic acids is 1. The Balaban J connectivity index is 2.03. The number of benzene rings is 1. The molecule has 1 aliphatic heterocycles. The van der Waals surface area contributed by atoms with Crippen LogP contribution in [0.15, 0.2) is 24.3 Å². The van der Waals surface area contributed by atoms with Gasteiger partial charge in [0.25, 0.3) is 0 Å². The van der Waals surface area contributed by atoms with Crippen LogP contribution < -0.4 is 0 Å². The Morgan fingerprint density at radius 3 is 2.94 bits per heavy atom. The molecule has 1 aromatic carbocycles. The summed E-state index contributed by atoms with van der Waals surface area (Å²) >= 11 is 0. The summed E-state index contributed by atoms with van der Waals surface area (Å²) in [4.78, 5) is 13.1. The van der Waals surface area contributed by atoms with Gasteiger partial charge < -0.3 is 5.11 Å². The van der Waals surface area contributed by atoms with E-state index in [1.807, 2.05) is 13.0 Å². The summed E-state index contributed by atoms with van der Waals surface area (Å²) in [5.41, 5.74) is 0.892. The van der Waals surface area contributed by atoms with Gasteiger partial charge in [-0.1, -0.05) is 12.1 Å². The quantitative estimate of drug-likeness (QED) is 0.875. The average molecular weight is 237 g/mol. The first-order chi connectivity index (χ1) is 8.08. The second-order valence-electron chi connectivity index (χ2n) is 4.57. The van der Waals surface area contributed by atoms with Gasteiger partial charge in [-0.2, -0.15) is 0 Å². The van der Waals surface area contributed by atoms with Crippen molar-refractivity contribution in [3.05, 3.63) is 35.6 Å². The van der Waals surface area contributed by atoms with E-state index in [9.17, 15) is 9.18 Å². The summed E-state index contributed by atoms with van der Waals surface area (Å²) in [6, 6.07) is 6.47. The molecule has 4 heteroatoms. The molecule has 2 rings (SSSR count). The lowest BCUT2D eigenvalue weighted by molar-refractivity contribution is -0.142. The van der Waals surface area contributed by atoms with Crippen LogP contribution >= 0.6 is 0 Å². The molecule has 1 aromatic rings. The van der Waals surface area contributed by atoms with E-state index in [1.165, 1.54) is 12.1 Å². The van der Waals surface area contributed by atoms with Gasteiger partial charge in [-0.15, -0.1) is 0 Å². The van der Waals surface area contributed by atoms with Crippen LogP contribution in [-0.2, 0) is 11.3 Å². The predicted octanol–water partition coefficient (Wildman–Crippen LogP) is 2.12. The van der Waals surface area contributed by atoms with Crippen LogP contribution in [0.5, 0.6) is 0 Å². The molecule has 0 aromatic heterocycles. The van der Waals surface area contributed by atoms with Crippen molar-refractivity contribution in [2.24, 2.45) is 5.92 Å². The third kappa shape index (κ3) is 2.64. The number of nitrogens with zero attached hydrogens (tertiary/aromatic N) is 1. The van der Waals surface area contributed by atoms with Crippen molar-refractivity contribution >= 4 is 5.97 Å². The van der Waals surface area contributed by atoms with E-state index >= 15 is 0 Å². The summed E-state index contributed by atoms with van der Waals surface area (Å²) < 4.78 is 13.0. The van der Waals surface area contributed by atoms with E-state index in [0.29, 0.717) is 13.0 Å². The fourth-order valence-electron chi connectivity index (χ4n) is 2.43. The number of carboxylic acids is 1. The lowest BCUT2D eigenvalue weighted by atomic mass is 10.0. The number of carboxylic acid groups (broad SMARTS) is 1. The Morgan fingerprint density at radius 1 is 1.59 bits per heavy atom. The van der Waals surface area contributed by atoms with Crippen molar-refractivity contribution in [2.75, 3.05) is 6.54 Å². The minimum Gasteiger partial charge on any atom is -0.481 e. The number of carbonyl (C=O) groups is 1. The number of likely N-dealkylation sites (tertiary alicyclic amines) is 1. The molecule has 0 radical (unpaired) electrons. The Morgan fingerprint density at radius 2 is 2.35 bits per heavy atom. The number of rotatable bonds is 3. The van der Waals surface area contributed by atoms with Crippen molar-refractivity contribution in [1.29, 1.82) is 0 Å². The Kier molecular flexibility index (Phi) is 3.43. The molecule has 1 N–H and O–H groups in total. The highest BCUT2D eigenvalue weighted by atomic mass is 19.1. The second-order valence-corrected chi connectivity index (χ2v) is 4.57. The summed E-state index contributed by atoms with van der Waals surface area (Å²) in [7, 11) is 0. The first kappa shape index (κ1) is 12.0. The highest BCUT2D eigenvalue weighted by Crippen LogP contribution is 2.26. The van der Waals surface area contributed by atoms with Crippen molar-refractivity contribution in [3.63, 3.8) is 0 Å². The van der Waals surface area contributed by atoms with Gasteiger partial charge in [0.1, 0.15) is 5.82 Å². The molecular weight excluding hydrogens is 221 g/mol. The van der Waals surface area contributed by atoms with E-state index < -0.39 is 5.97 Å². The van der Waals surface area contributed by atoms with Crippen molar-refractivity contribution in [1.82, 2.24) is 4.90 Å². The summed E-state index contributed by atoms with van der Waals surface area (Å²) in [5.74, 6) is -1.29. The van der Waals surface area contributed by atoms with Gasteiger partial charge in [-0.05, 0) is 37.6 Å². The maximum absolute atomic E-state index is 13.0. The standard InChI is InChI=1S/C13H16FNO2/c1-9-12(13(16)17)5-6-15(9)8-10-3-2-4-11(14)7-10/h2-4,7,9,12H,5-6,8H2,1H3,(H,16,17)/t9-,12+/m1/s1. The van der Waals surface area contributed by atoms with Gasteiger partial charge >= 0.3 is 5.97 Å². The SMILES string of the molecule is C[C@@H]1[C@@H](C(=O)O)CCN1Cc1cccc(F)c1. The van der Waals surface area contributed by atoms with E-state index in [1.54, 1.807) is 6.07 Å². The molecule has 0 spiro atoms. The van der Waals surface area contributed by atoms with Crippen LogP contribution in [0, 0.1) is 11.7 Å². The highest BCUT2D eigenvalue weighted by molar-refractivity contribution is 5.71. The van der Waals surface area contributed by atoms with Gasteiger partial charge in [0.05, 0.1) is 5.92 Å². The molecule has 3 nitrogen and oxygen atoms in total. The molecule has 0 bridgehead atoms. The molecule has 17 heavy (non-hydrogen) atoms. The zero-order valence-corrected chi connectivity index (χ0v) is 9.77. The van der Waals surface area contributed by atoms with E-state index in [4.69, 9.17) is 5.11 Å². The molecule has 0 aliphatic carbocycles. The van der Waals surface area contributed by atoms with Crippen LogP contribution in [0.1, 0.15) is 18.9 Å². The van der Waals surface area contributed by atoms with Crippen LogP contribution in [0.2, 0.25) is 0 Å². The van der Waals surface area contributed by atoms with Crippen LogP contribution in [-0.4, -0.2) is 28.6 Å². The molecule has 92 valence electrons. The zero-order valence-electron chi connectivity index (χ0n) is 9.77. The van der Waals surface area contributed by atoms with Crippen molar-refractivity contribution < 1.29 is 14.3 Å². The first-order valence-electron chi connectivity index (χ1n) is 5.79. The largest absolute Gasteiger partial charge is 0.481 e. The number of hydrogen-bond acceptors (Lipinski definition) is 2. The number of halogens is 1. The van der Waals surface area contributed by atoms with Gasteiger partial charge in [0, 0.05) is 12.6 Å². The Labute approximate surface area is 99.9 Å². The van der Waals surface area contributed by atoms with Gasteiger partial charge in [-0.25, -0.2) is 4.39 Å². The van der Waals surface area contributed by atoms with E-state index in [-0.39, 0.29) is 17.8 Å². The summed E-state index contributed by atoms with van der Waals surface area (Å²) in [5, 5.41) is 9.02. The normalized spacial score (nSPS) is 25.1. The van der Waals surface area contributed by atoms with E-state index in [2.05, 4.69) is 4.90 Å². The van der Waals surface area contributed by atoms with Crippen LogP contribution in [0.25, 0.3) is 0 Å². The number of hydrogen-bond donors (Lipinski definition) is 1. The molecular formula is C13H16FNO2. The molecule has 2 atom stereocenters. The topological polar surface area (TPSA) is 40.5 Å². The van der Waals surface area contributed by atoms with Gasteiger partial charge in [-0.3, -0.25) is 9.69 Å². The first-order valence-corrected chi connectivity index (χ1v) is 5.79. The highest BCUT2D eigenvalue weighted by Gasteiger charge is 2.35. The summed E-state index contributed by atoms with van der Waals surface area (Å²) in [6.45, 7) is 3.29. The monoisotopic (exact) mass is 237 g/mol. The average Bonchev–Trinajstić information content (AvgIpc) is 2.61. The lowest BCUT2D eigenvalue weighted by Crippen LogP contribution is -2.32. The minimum absolute atomic E-state index is 0.00997. The van der Waals surface area contributed by atoms with Crippen molar-refractivity contribution in [3.8, 4) is 0 Å². The third-order valence-electron chi connectivity index (χ3n) is 3.48. The van der Waals surface area contributed by atoms with Gasteiger partial charge in [0.2, 0.25) is 0 Å². The molecule has 1 aliphatic rings. The molecule has 0 saturated carbocycles. The molecule has 1 saturated heterocycles. The van der Waals surface area contributed by atoms with Gasteiger partial charge in [0.15, 0.2) is 0 Å². The zero-order chi connectivity index (χ0) is 12.4. The smallest absolute Gasteiger partial charge is 0.308 e. The fraction of sp³-hybridized carbons (Fsp3) is 0.462.